The first-order chi connectivity index (χ1) is 6.24. The van der Waals surface area contributed by atoms with Gasteiger partial charge in [0.15, 0.2) is 0 Å². The molecule has 2 rings (SSSR count). The average Bonchev–Trinajstić information content (AvgIpc) is 2.55. The molecule has 1 aromatic carbocycles. The zero-order valence-corrected chi connectivity index (χ0v) is 11.1. The minimum atomic E-state index is 1.09. The van der Waals surface area contributed by atoms with Crippen molar-refractivity contribution in [1.29, 1.82) is 0 Å². The van der Waals surface area contributed by atoms with Crippen molar-refractivity contribution in [2.24, 2.45) is 0 Å². The van der Waals surface area contributed by atoms with Gasteiger partial charge in [0, 0.05) is 19.0 Å². The lowest BCUT2D eigenvalue weighted by Gasteiger charge is -2.00. The Labute approximate surface area is 98.2 Å². The van der Waals surface area contributed by atoms with E-state index in [1.807, 2.05) is 11.3 Å². The third-order valence-corrected chi connectivity index (χ3v) is 5.10. The molecule has 0 saturated carbocycles. The van der Waals surface area contributed by atoms with Crippen molar-refractivity contribution >= 4 is 53.3 Å². The number of aryl methyl sites for hydroxylation is 1. The third-order valence-electron chi connectivity index (χ3n) is 2.09. The number of halogens is 2. The molecule has 0 spiro atoms. The fourth-order valence-electron chi connectivity index (χ4n) is 1.38. The zero-order chi connectivity index (χ0) is 9.42. The summed E-state index contributed by atoms with van der Waals surface area (Å²) < 4.78 is 3.67. The fraction of sp³-hybridized carbons (Fsp3) is 0.200. The first-order valence-corrected chi connectivity index (χ1v) is 6.54. The molecule has 68 valence electrons. The largest absolute Gasteiger partial charge is 0.143 e. The Morgan fingerprint density at radius 2 is 2.08 bits per heavy atom. The third kappa shape index (κ3) is 1.58. The van der Waals surface area contributed by atoms with E-state index >= 15 is 0 Å². The quantitative estimate of drug-likeness (QED) is 0.694. The van der Waals surface area contributed by atoms with Crippen LogP contribution in [-0.2, 0) is 6.42 Å². The predicted molar refractivity (Wildman–Crippen MR) is 66.6 cm³/mol. The van der Waals surface area contributed by atoms with Crippen molar-refractivity contribution < 1.29 is 0 Å². The maximum absolute atomic E-state index is 3.61. The van der Waals surface area contributed by atoms with Crippen LogP contribution in [0.25, 0.3) is 10.1 Å². The minimum Gasteiger partial charge on any atom is -0.143 e. The molecule has 13 heavy (non-hydrogen) atoms. The maximum atomic E-state index is 3.61. The van der Waals surface area contributed by atoms with E-state index in [9.17, 15) is 0 Å². The molecule has 0 radical (unpaired) electrons. The Morgan fingerprint density at radius 1 is 1.31 bits per heavy atom. The first-order valence-electron chi connectivity index (χ1n) is 4.08. The van der Waals surface area contributed by atoms with Gasteiger partial charge in [-0.3, -0.25) is 0 Å². The summed E-state index contributed by atoms with van der Waals surface area (Å²) in [4.78, 5) is 0. The Morgan fingerprint density at radius 3 is 2.77 bits per heavy atom. The van der Waals surface area contributed by atoms with Crippen LogP contribution in [0.1, 0.15) is 12.5 Å². The van der Waals surface area contributed by atoms with E-state index in [4.69, 9.17) is 0 Å². The molecule has 1 aromatic heterocycles. The molecule has 0 aliphatic carbocycles. The number of fused-ring (bicyclic) bond motifs is 1. The molecule has 0 atom stereocenters. The van der Waals surface area contributed by atoms with E-state index in [-0.39, 0.29) is 0 Å². The number of benzene rings is 1. The SMILES string of the molecule is CCc1csc2ccc(Br)c(Br)c12. The molecular weight excluding hydrogens is 312 g/mol. The van der Waals surface area contributed by atoms with Crippen LogP contribution >= 0.6 is 43.2 Å². The molecule has 0 aliphatic rings. The second-order valence-corrected chi connectivity index (χ2v) is 5.41. The maximum Gasteiger partial charge on any atom is 0.0407 e. The van der Waals surface area contributed by atoms with Crippen LogP contribution in [0.4, 0.5) is 0 Å². The van der Waals surface area contributed by atoms with Crippen LogP contribution < -0.4 is 0 Å². The summed E-state index contributed by atoms with van der Waals surface area (Å²) in [6, 6.07) is 4.25. The molecule has 0 amide bonds. The molecule has 0 N–H and O–H groups in total. The van der Waals surface area contributed by atoms with Crippen LogP contribution in [0.3, 0.4) is 0 Å². The highest BCUT2D eigenvalue weighted by Crippen LogP contribution is 2.37. The number of rotatable bonds is 1. The second kappa shape index (κ2) is 3.71. The van der Waals surface area contributed by atoms with Gasteiger partial charge in [-0.15, -0.1) is 11.3 Å². The highest BCUT2D eigenvalue weighted by atomic mass is 79.9. The smallest absolute Gasteiger partial charge is 0.0407 e. The Balaban J connectivity index is 2.85. The summed E-state index contributed by atoms with van der Waals surface area (Å²) in [7, 11) is 0. The Bertz CT molecular complexity index is 445. The second-order valence-electron chi connectivity index (χ2n) is 2.85. The molecule has 0 nitrogen and oxygen atoms in total. The first kappa shape index (κ1) is 9.69. The minimum absolute atomic E-state index is 1.09. The number of hydrogen-bond donors (Lipinski definition) is 0. The molecule has 1 heterocycles. The standard InChI is InChI=1S/C10H8Br2S/c1-2-6-5-13-8-4-3-7(11)10(12)9(6)8/h3-5H,2H2,1H3. The van der Waals surface area contributed by atoms with Crippen molar-refractivity contribution in [2.75, 3.05) is 0 Å². The van der Waals surface area contributed by atoms with Gasteiger partial charge in [-0.2, -0.15) is 0 Å². The summed E-state index contributed by atoms with van der Waals surface area (Å²) in [5, 5.41) is 3.60. The van der Waals surface area contributed by atoms with Gasteiger partial charge < -0.3 is 0 Å². The van der Waals surface area contributed by atoms with E-state index < -0.39 is 0 Å². The summed E-state index contributed by atoms with van der Waals surface area (Å²) in [5.41, 5.74) is 1.42. The predicted octanol–water partition coefficient (Wildman–Crippen LogP) is 4.99. The molecule has 0 saturated heterocycles. The van der Waals surface area contributed by atoms with Crippen LogP contribution in [-0.4, -0.2) is 0 Å². The van der Waals surface area contributed by atoms with Crippen molar-refractivity contribution in [2.45, 2.75) is 13.3 Å². The van der Waals surface area contributed by atoms with Crippen LogP contribution in [0.2, 0.25) is 0 Å². The van der Waals surface area contributed by atoms with Gasteiger partial charge in [0.2, 0.25) is 0 Å². The van der Waals surface area contributed by atoms with E-state index in [0.29, 0.717) is 0 Å². The zero-order valence-electron chi connectivity index (χ0n) is 7.10. The molecule has 0 aliphatic heterocycles. The lowest BCUT2D eigenvalue weighted by Crippen LogP contribution is -1.78. The number of thiophene rings is 1. The summed E-state index contributed by atoms with van der Waals surface area (Å²) >= 11 is 8.94. The molecule has 0 bridgehead atoms. The summed E-state index contributed by atoms with van der Waals surface area (Å²) in [5.74, 6) is 0. The monoisotopic (exact) mass is 318 g/mol. The summed E-state index contributed by atoms with van der Waals surface area (Å²) in [6.07, 6.45) is 1.09. The number of hydrogen-bond acceptors (Lipinski definition) is 1. The molecule has 2 aromatic rings. The average molecular weight is 320 g/mol. The topological polar surface area (TPSA) is 0 Å². The van der Waals surface area contributed by atoms with Crippen molar-refractivity contribution in [1.82, 2.24) is 0 Å². The molecule has 3 heteroatoms. The lowest BCUT2D eigenvalue weighted by molar-refractivity contribution is 1.17. The molecule has 0 fully saturated rings. The van der Waals surface area contributed by atoms with Gasteiger partial charge in [0.1, 0.15) is 0 Å². The highest BCUT2D eigenvalue weighted by molar-refractivity contribution is 9.13. The van der Waals surface area contributed by atoms with Gasteiger partial charge in [0.05, 0.1) is 0 Å². The van der Waals surface area contributed by atoms with Crippen molar-refractivity contribution in [3.63, 3.8) is 0 Å². The highest BCUT2D eigenvalue weighted by Gasteiger charge is 2.08. The van der Waals surface area contributed by atoms with Crippen LogP contribution in [0, 0.1) is 0 Å². The lowest BCUT2D eigenvalue weighted by atomic mass is 10.1. The molecule has 0 unspecified atom stereocenters. The van der Waals surface area contributed by atoms with Crippen molar-refractivity contribution in [3.05, 3.63) is 32.0 Å². The molecular formula is C10H8Br2S. The van der Waals surface area contributed by atoms with E-state index in [1.54, 1.807) is 0 Å². The van der Waals surface area contributed by atoms with Gasteiger partial charge in [-0.05, 0) is 61.4 Å². The Hall–Kier alpha value is 0.140. The van der Waals surface area contributed by atoms with Gasteiger partial charge >= 0.3 is 0 Å². The van der Waals surface area contributed by atoms with Crippen LogP contribution in [0.15, 0.2) is 26.5 Å². The van der Waals surface area contributed by atoms with Gasteiger partial charge in [-0.1, -0.05) is 6.92 Å². The van der Waals surface area contributed by atoms with Gasteiger partial charge in [0.25, 0.3) is 0 Å². The normalized spacial score (nSPS) is 11.0. The van der Waals surface area contributed by atoms with E-state index in [1.165, 1.54) is 20.1 Å². The Kier molecular flexibility index (Phi) is 2.77. The van der Waals surface area contributed by atoms with E-state index in [2.05, 4.69) is 56.3 Å². The van der Waals surface area contributed by atoms with Crippen molar-refractivity contribution in [3.8, 4) is 0 Å². The van der Waals surface area contributed by atoms with E-state index in [0.717, 1.165) is 10.9 Å². The summed E-state index contributed by atoms with van der Waals surface area (Å²) in [6.45, 7) is 2.19. The van der Waals surface area contributed by atoms with Gasteiger partial charge in [-0.25, -0.2) is 0 Å². The fourth-order valence-corrected chi connectivity index (χ4v) is 3.50. The van der Waals surface area contributed by atoms with Crippen LogP contribution in [0.5, 0.6) is 0 Å².